The predicted octanol–water partition coefficient (Wildman–Crippen LogP) is 3.87. The number of halogens is 1. The molecule has 0 saturated carbocycles. The number of pyridine rings is 1. The van der Waals surface area contributed by atoms with Gasteiger partial charge < -0.3 is 10.5 Å². The summed E-state index contributed by atoms with van der Waals surface area (Å²) < 4.78 is 5.45. The lowest BCUT2D eigenvalue weighted by Gasteiger charge is -2.08. The van der Waals surface area contributed by atoms with E-state index in [1.807, 2.05) is 25.1 Å². The second kappa shape index (κ2) is 5.98. The highest BCUT2D eigenvalue weighted by atomic mass is 35.5. The van der Waals surface area contributed by atoms with Gasteiger partial charge in [-0.3, -0.25) is 0 Å². The van der Waals surface area contributed by atoms with Crippen molar-refractivity contribution in [1.82, 2.24) is 4.98 Å². The Kier molecular flexibility index (Phi) is 4.33. The zero-order valence-corrected chi connectivity index (χ0v) is 11.5. The third kappa shape index (κ3) is 3.31. The Hall–Kier alpha value is -1.39. The SMILES string of the molecule is CCOc1cc(N)cc(Sc2ncccc2Cl)c1. The van der Waals surface area contributed by atoms with Gasteiger partial charge in [-0.1, -0.05) is 23.4 Å². The van der Waals surface area contributed by atoms with E-state index < -0.39 is 0 Å². The summed E-state index contributed by atoms with van der Waals surface area (Å²) in [7, 11) is 0. The molecule has 94 valence electrons. The summed E-state index contributed by atoms with van der Waals surface area (Å²) in [4.78, 5) is 5.19. The molecule has 0 saturated heterocycles. The first-order valence-electron chi connectivity index (χ1n) is 5.51. The van der Waals surface area contributed by atoms with Crippen molar-refractivity contribution in [2.75, 3.05) is 12.3 Å². The van der Waals surface area contributed by atoms with Crippen molar-refractivity contribution in [3.8, 4) is 5.75 Å². The number of hydrogen-bond acceptors (Lipinski definition) is 4. The molecule has 0 fully saturated rings. The lowest BCUT2D eigenvalue weighted by Crippen LogP contribution is -1.94. The van der Waals surface area contributed by atoms with E-state index in [2.05, 4.69) is 4.98 Å². The number of aromatic nitrogens is 1. The largest absolute Gasteiger partial charge is 0.494 e. The van der Waals surface area contributed by atoms with E-state index in [0.29, 0.717) is 17.3 Å². The molecule has 1 aromatic carbocycles. The van der Waals surface area contributed by atoms with Crippen LogP contribution in [0.15, 0.2) is 46.5 Å². The van der Waals surface area contributed by atoms with Crippen LogP contribution in [0.4, 0.5) is 5.69 Å². The summed E-state index contributed by atoms with van der Waals surface area (Å²) >= 11 is 7.53. The van der Waals surface area contributed by atoms with Gasteiger partial charge in [0.05, 0.1) is 11.6 Å². The molecule has 0 spiro atoms. The Labute approximate surface area is 115 Å². The minimum atomic E-state index is 0.609. The van der Waals surface area contributed by atoms with Crippen molar-refractivity contribution in [1.29, 1.82) is 0 Å². The molecular formula is C13H13ClN2OS. The molecular weight excluding hydrogens is 268 g/mol. The van der Waals surface area contributed by atoms with E-state index in [-0.39, 0.29) is 0 Å². The quantitative estimate of drug-likeness (QED) is 0.864. The Morgan fingerprint density at radius 1 is 1.39 bits per heavy atom. The molecule has 1 heterocycles. The van der Waals surface area contributed by atoms with Gasteiger partial charge in [0.1, 0.15) is 10.8 Å². The summed E-state index contributed by atoms with van der Waals surface area (Å²) in [6.07, 6.45) is 1.71. The number of benzene rings is 1. The molecule has 0 radical (unpaired) electrons. The van der Waals surface area contributed by atoms with Gasteiger partial charge in [-0.05, 0) is 31.2 Å². The maximum Gasteiger partial charge on any atom is 0.122 e. The topological polar surface area (TPSA) is 48.1 Å². The molecule has 0 unspecified atom stereocenters. The van der Waals surface area contributed by atoms with Crippen molar-refractivity contribution in [2.45, 2.75) is 16.8 Å². The van der Waals surface area contributed by atoms with Gasteiger partial charge >= 0.3 is 0 Å². The molecule has 3 nitrogen and oxygen atoms in total. The molecule has 0 atom stereocenters. The molecule has 0 bridgehead atoms. The van der Waals surface area contributed by atoms with Crippen molar-refractivity contribution >= 4 is 29.1 Å². The lowest BCUT2D eigenvalue weighted by atomic mass is 10.3. The van der Waals surface area contributed by atoms with E-state index >= 15 is 0 Å². The number of nitrogens with two attached hydrogens (primary N) is 1. The third-order valence-corrected chi connectivity index (χ3v) is 3.56. The fourth-order valence-corrected chi connectivity index (χ4v) is 2.57. The number of nitrogen functional groups attached to an aromatic ring is 1. The van der Waals surface area contributed by atoms with Crippen LogP contribution >= 0.6 is 23.4 Å². The molecule has 2 aromatic rings. The predicted molar refractivity (Wildman–Crippen MR) is 75.4 cm³/mol. The van der Waals surface area contributed by atoms with Crippen LogP contribution < -0.4 is 10.5 Å². The lowest BCUT2D eigenvalue weighted by molar-refractivity contribution is 0.339. The van der Waals surface area contributed by atoms with Crippen LogP contribution in [0.3, 0.4) is 0 Å². The van der Waals surface area contributed by atoms with Crippen LogP contribution in [0.2, 0.25) is 5.02 Å². The highest BCUT2D eigenvalue weighted by Gasteiger charge is 2.06. The summed E-state index contributed by atoms with van der Waals surface area (Å²) in [5, 5.41) is 1.38. The molecule has 18 heavy (non-hydrogen) atoms. The first-order chi connectivity index (χ1) is 8.69. The van der Waals surface area contributed by atoms with Crippen molar-refractivity contribution in [3.63, 3.8) is 0 Å². The van der Waals surface area contributed by atoms with Gasteiger partial charge in [0.15, 0.2) is 0 Å². The van der Waals surface area contributed by atoms with E-state index in [0.717, 1.165) is 15.7 Å². The first kappa shape index (κ1) is 13.1. The van der Waals surface area contributed by atoms with Gasteiger partial charge in [-0.15, -0.1) is 0 Å². The summed E-state index contributed by atoms with van der Waals surface area (Å²) in [5.41, 5.74) is 6.50. The molecule has 2 N–H and O–H groups in total. The Morgan fingerprint density at radius 3 is 2.94 bits per heavy atom. The highest BCUT2D eigenvalue weighted by molar-refractivity contribution is 7.99. The molecule has 0 amide bonds. The minimum absolute atomic E-state index is 0.609. The fraction of sp³-hybridized carbons (Fsp3) is 0.154. The van der Waals surface area contributed by atoms with Gasteiger partial charge in [0.2, 0.25) is 0 Å². The Bertz CT molecular complexity index is 548. The zero-order valence-electron chi connectivity index (χ0n) is 9.89. The van der Waals surface area contributed by atoms with Gasteiger partial charge in [0, 0.05) is 22.8 Å². The molecule has 0 aliphatic carbocycles. The van der Waals surface area contributed by atoms with Gasteiger partial charge in [-0.2, -0.15) is 0 Å². The van der Waals surface area contributed by atoms with Crippen LogP contribution in [0.5, 0.6) is 5.75 Å². The average molecular weight is 281 g/mol. The number of hydrogen-bond donors (Lipinski definition) is 1. The Balaban J connectivity index is 2.26. The van der Waals surface area contributed by atoms with E-state index in [1.165, 1.54) is 11.8 Å². The number of ether oxygens (including phenoxy) is 1. The van der Waals surface area contributed by atoms with Gasteiger partial charge in [-0.25, -0.2) is 4.98 Å². The number of nitrogens with zero attached hydrogens (tertiary/aromatic N) is 1. The molecule has 1 aromatic heterocycles. The molecule has 2 rings (SSSR count). The van der Waals surface area contributed by atoms with Gasteiger partial charge in [0.25, 0.3) is 0 Å². The number of anilines is 1. The summed E-state index contributed by atoms with van der Waals surface area (Å²) in [5.74, 6) is 0.757. The first-order valence-corrected chi connectivity index (χ1v) is 6.70. The molecule has 5 heteroatoms. The van der Waals surface area contributed by atoms with Crippen LogP contribution in [-0.4, -0.2) is 11.6 Å². The normalized spacial score (nSPS) is 10.3. The maximum atomic E-state index is 6.07. The van der Waals surface area contributed by atoms with E-state index in [9.17, 15) is 0 Å². The Morgan fingerprint density at radius 2 is 2.22 bits per heavy atom. The van der Waals surface area contributed by atoms with Crippen LogP contribution in [0.25, 0.3) is 0 Å². The molecule has 0 aliphatic heterocycles. The minimum Gasteiger partial charge on any atom is -0.494 e. The standard InChI is InChI=1S/C13H13ClN2OS/c1-2-17-10-6-9(15)7-11(8-10)18-13-12(14)4-3-5-16-13/h3-8H,2,15H2,1H3. The zero-order chi connectivity index (χ0) is 13.0. The summed E-state index contributed by atoms with van der Waals surface area (Å²) in [6.45, 7) is 2.55. The van der Waals surface area contributed by atoms with E-state index in [1.54, 1.807) is 18.3 Å². The second-order valence-corrected chi connectivity index (χ2v) is 5.03. The van der Waals surface area contributed by atoms with Crippen LogP contribution in [0.1, 0.15) is 6.92 Å². The molecule has 0 aliphatic rings. The third-order valence-electron chi connectivity index (χ3n) is 2.15. The monoisotopic (exact) mass is 280 g/mol. The van der Waals surface area contributed by atoms with Crippen LogP contribution in [-0.2, 0) is 0 Å². The average Bonchev–Trinajstić information content (AvgIpc) is 2.32. The van der Waals surface area contributed by atoms with E-state index in [4.69, 9.17) is 22.1 Å². The maximum absolute atomic E-state index is 6.07. The fourth-order valence-electron chi connectivity index (χ4n) is 1.46. The van der Waals surface area contributed by atoms with Crippen LogP contribution in [0, 0.1) is 0 Å². The second-order valence-electron chi connectivity index (χ2n) is 3.56. The number of rotatable bonds is 4. The highest BCUT2D eigenvalue weighted by Crippen LogP contribution is 2.34. The van der Waals surface area contributed by atoms with Crippen molar-refractivity contribution < 1.29 is 4.74 Å². The smallest absolute Gasteiger partial charge is 0.122 e. The summed E-state index contributed by atoms with van der Waals surface area (Å²) in [6, 6.07) is 9.21. The van der Waals surface area contributed by atoms with Crippen molar-refractivity contribution in [2.24, 2.45) is 0 Å². The van der Waals surface area contributed by atoms with Crippen molar-refractivity contribution in [3.05, 3.63) is 41.6 Å².